The third kappa shape index (κ3) is 3.37. The van der Waals surface area contributed by atoms with E-state index in [2.05, 4.69) is 5.32 Å². The van der Waals surface area contributed by atoms with Gasteiger partial charge in [-0.3, -0.25) is 9.59 Å². The molecule has 1 aliphatic heterocycles. The van der Waals surface area contributed by atoms with E-state index in [-0.39, 0.29) is 24.0 Å². The lowest BCUT2D eigenvalue weighted by Gasteiger charge is -2.35. The Labute approximate surface area is 147 Å². The SMILES string of the molecule is Cc1ccc2c(c1C)OC1C(CC(=O)NCCCN)=CC=CC1C2=O. The topological polar surface area (TPSA) is 81.4 Å². The normalized spacial score (nSPS) is 21.1. The lowest BCUT2D eigenvalue weighted by Crippen LogP contribution is -2.41. The number of rotatable bonds is 5. The van der Waals surface area contributed by atoms with Crippen molar-refractivity contribution in [2.24, 2.45) is 11.7 Å². The number of fused-ring (bicyclic) bond motifs is 2. The van der Waals surface area contributed by atoms with Gasteiger partial charge in [0.25, 0.3) is 0 Å². The van der Waals surface area contributed by atoms with E-state index in [1.54, 1.807) is 0 Å². The van der Waals surface area contributed by atoms with Crippen molar-refractivity contribution in [3.8, 4) is 5.75 Å². The Hall–Kier alpha value is -2.40. The van der Waals surface area contributed by atoms with Gasteiger partial charge in [0.2, 0.25) is 5.91 Å². The van der Waals surface area contributed by atoms with E-state index in [4.69, 9.17) is 10.5 Å². The van der Waals surface area contributed by atoms with Crippen LogP contribution in [0.2, 0.25) is 0 Å². The minimum atomic E-state index is -0.411. The molecule has 1 aromatic carbocycles. The van der Waals surface area contributed by atoms with Crippen molar-refractivity contribution >= 4 is 11.7 Å². The first-order chi connectivity index (χ1) is 12.0. The molecule has 1 amide bonds. The van der Waals surface area contributed by atoms with Crippen LogP contribution in [0, 0.1) is 19.8 Å². The van der Waals surface area contributed by atoms with E-state index >= 15 is 0 Å². The fraction of sp³-hybridized carbons (Fsp3) is 0.400. The molecule has 2 atom stereocenters. The molecule has 0 saturated carbocycles. The Balaban J connectivity index is 1.82. The molecule has 3 rings (SSSR count). The summed E-state index contributed by atoms with van der Waals surface area (Å²) in [6.45, 7) is 5.07. The minimum Gasteiger partial charge on any atom is -0.484 e. The van der Waals surface area contributed by atoms with Crippen LogP contribution in [0.3, 0.4) is 0 Å². The average molecular weight is 340 g/mol. The Kier molecular flexibility index (Phi) is 5.04. The van der Waals surface area contributed by atoms with Crippen LogP contribution in [-0.4, -0.2) is 30.9 Å². The monoisotopic (exact) mass is 340 g/mol. The molecule has 1 aromatic rings. The maximum absolute atomic E-state index is 12.9. The molecule has 1 heterocycles. The van der Waals surface area contributed by atoms with Crippen molar-refractivity contribution in [1.82, 2.24) is 5.32 Å². The molecule has 0 bridgehead atoms. The Morgan fingerprint density at radius 1 is 1.32 bits per heavy atom. The summed E-state index contributed by atoms with van der Waals surface area (Å²) in [5.74, 6) is 0.263. The molecule has 0 fully saturated rings. The predicted molar refractivity (Wildman–Crippen MR) is 96.7 cm³/mol. The summed E-state index contributed by atoms with van der Waals surface area (Å²) in [4.78, 5) is 25.0. The second kappa shape index (κ2) is 7.23. The number of nitrogens with two attached hydrogens (primary N) is 1. The van der Waals surface area contributed by atoms with Gasteiger partial charge in [0, 0.05) is 6.54 Å². The molecule has 0 aromatic heterocycles. The lowest BCUT2D eigenvalue weighted by molar-refractivity contribution is -0.120. The van der Waals surface area contributed by atoms with Gasteiger partial charge in [0.15, 0.2) is 5.78 Å². The zero-order valence-electron chi connectivity index (χ0n) is 14.7. The van der Waals surface area contributed by atoms with Crippen LogP contribution < -0.4 is 15.8 Å². The highest BCUT2D eigenvalue weighted by Crippen LogP contribution is 2.39. The highest BCUT2D eigenvalue weighted by molar-refractivity contribution is 6.03. The first-order valence-electron chi connectivity index (χ1n) is 8.68. The van der Waals surface area contributed by atoms with E-state index in [9.17, 15) is 9.59 Å². The van der Waals surface area contributed by atoms with Crippen LogP contribution in [0.5, 0.6) is 5.75 Å². The van der Waals surface area contributed by atoms with Gasteiger partial charge in [-0.2, -0.15) is 0 Å². The van der Waals surface area contributed by atoms with Gasteiger partial charge in [-0.15, -0.1) is 0 Å². The Bertz CT molecular complexity index is 764. The molecule has 0 saturated heterocycles. The van der Waals surface area contributed by atoms with Gasteiger partial charge >= 0.3 is 0 Å². The highest BCUT2D eigenvalue weighted by Gasteiger charge is 2.39. The number of amides is 1. The summed E-state index contributed by atoms with van der Waals surface area (Å²) in [7, 11) is 0. The third-order valence-electron chi connectivity index (χ3n) is 4.88. The largest absolute Gasteiger partial charge is 0.484 e. The zero-order chi connectivity index (χ0) is 18.0. The number of carbonyl (C=O) groups is 2. The van der Waals surface area contributed by atoms with E-state index in [0.29, 0.717) is 24.4 Å². The standard InChI is InChI=1S/C20H24N2O3/c1-12-7-8-16-18(24)15-6-3-5-14(11-17(23)22-10-4-9-21)20(15)25-19(16)13(12)2/h3,5-8,15,20H,4,9-11,21H2,1-2H3,(H,22,23). The molecule has 132 valence electrons. The Morgan fingerprint density at radius 3 is 2.88 bits per heavy atom. The first-order valence-corrected chi connectivity index (χ1v) is 8.68. The molecule has 2 unspecified atom stereocenters. The summed E-state index contributed by atoms with van der Waals surface area (Å²) < 4.78 is 6.22. The summed E-state index contributed by atoms with van der Waals surface area (Å²) in [5.41, 5.74) is 8.96. The number of Topliss-reactive ketones (excluding diaryl/α,β-unsaturated/α-hetero) is 1. The number of aryl methyl sites for hydroxylation is 1. The van der Waals surface area contributed by atoms with Crippen molar-refractivity contribution in [3.63, 3.8) is 0 Å². The minimum absolute atomic E-state index is 0.0553. The van der Waals surface area contributed by atoms with E-state index in [0.717, 1.165) is 23.1 Å². The molecule has 3 N–H and O–H groups in total. The summed E-state index contributed by atoms with van der Waals surface area (Å²) in [6.07, 6.45) is 6.15. The number of ketones is 1. The van der Waals surface area contributed by atoms with Crippen molar-refractivity contribution < 1.29 is 14.3 Å². The fourth-order valence-corrected chi connectivity index (χ4v) is 3.28. The van der Waals surface area contributed by atoms with Crippen molar-refractivity contribution in [1.29, 1.82) is 0 Å². The predicted octanol–water partition coefficient (Wildman–Crippen LogP) is 2.21. The molecule has 5 heteroatoms. The van der Waals surface area contributed by atoms with Crippen LogP contribution >= 0.6 is 0 Å². The number of benzene rings is 1. The van der Waals surface area contributed by atoms with Crippen LogP contribution in [-0.2, 0) is 4.79 Å². The van der Waals surface area contributed by atoms with E-state index < -0.39 is 6.10 Å². The molecule has 2 aliphatic rings. The molecular formula is C20H24N2O3. The molecule has 25 heavy (non-hydrogen) atoms. The summed E-state index contributed by atoms with van der Waals surface area (Å²) in [6, 6.07) is 3.78. The van der Waals surface area contributed by atoms with Crippen molar-refractivity contribution in [2.75, 3.05) is 13.1 Å². The third-order valence-corrected chi connectivity index (χ3v) is 4.88. The maximum Gasteiger partial charge on any atom is 0.224 e. The zero-order valence-corrected chi connectivity index (χ0v) is 14.7. The quantitative estimate of drug-likeness (QED) is 0.805. The van der Waals surface area contributed by atoms with Gasteiger partial charge < -0.3 is 15.8 Å². The van der Waals surface area contributed by atoms with Gasteiger partial charge in [-0.25, -0.2) is 0 Å². The van der Waals surface area contributed by atoms with Gasteiger partial charge in [-0.1, -0.05) is 24.3 Å². The molecular weight excluding hydrogens is 316 g/mol. The van der Waals surface area contributed by atoms with E-state index in [1.165, 1.54) is 0 Å². The number of ether oxygens (including phenoxy) is 1. The van der Waals surface area contributed by atoms with Crippen LogP contribution in [0.1, 0.15) is 34.3 Å². The molecule has 1 aliphatic carbocycles. The fourth-order valence-electron chi connectivity index (χ4n) is 3.28. The molecule has 0 radical (unpaired) electrons. The Morgan fingerprint density at radius 2 is 2.12 bits per heavy atom. The number of allylic oxidation sites excluding steroid dienone is 2. The maximum atomic E-state index is 12.9. The van der Waals surface area contributed by atoms with Gasteiger partial charge in [0.1, 0.15) is 11.9 Å². The van der Waals surface area contributed by atoms with Crippen LogP contribution in [0.15, 0.2) is 35.9 Å². The number of nitrogens with one attached hydrogen (secondary N) is 1. The second-order valence-corrected chi connectivity index (χ2v) is 6.61. The van der Waals surface area contributed by atoms with E-state index in [1.807, 2.05) is 44.2 Å². The number of hydrogen-bond donors (Lipinski definition) is 2. The van der Waals surface area contributed by atoms with Gasteiger partial charge in [0.05, 0.1) is 17.9 Å². The summed E-state index contributed by atoms with van der Waals surface area (Å²) in [5, 5.41) is 2.85. The van der Waals surface area contributed by atoms with Crippen molar-refractivity contribution in [3.05, 3.63) is 52.6 Å². The molecule has 0 spiro atoms. The number of carbonyl (C=O) groups excluding carboxylic acids is 2. The second-order valence-electron chi connectivity index (χ2n) is 6.61. The number of hydrogen-bond acceptors (Lipinski definition) is 4. The van der Waals surface area contributed by atoms with Crippen LogP contribution in [0.4, 0.5) is 0 Å². The molecule has 5 nitrogen and oxygen atoms in total. The lowest BCUT2D eigenvalue weighted by atomic mass is 9.81. The summed E-state index contributed by atoms with van der Waals surface area (Å²) >= 11 is 0. The van der Waals surface area contributed by atoms with Gasteiger partial charge in [-0.05, 0) is 49.6 Å². The highest BCUT2D eigenvalue weighted by atomic mass is 16.5. The van der Waals surface area contributed by atoms with Crippen LogP contribution in [0.25, 0.3) is 0 Å². The average Bonchev–Trinajstić information content (AvgIpc) is 2.60. The van der Waals surface area contributed by atoms with Crippen molar-refractivity contribution in [2.45, 2.75) is 32.8 Å². The first kappa shape index (κ1) is 17.4. The smallest absolute Gasteiger partial charge is 0.224 e.